The highest BCUT2D eigenvalue weighted by molar-refractivity contribution is 6.46. The molecule has 0 fully saturated rings. The van der Waals surface area contributed by atoms with Crippen molar-refractivity contribution in [3.63, 3.8) is 0 Å². The summed E-state index contributed by atoms with van der Waals surface area (Å²) in [6.45, 7) is 6.92. The van der Waals surface area contributed by atoms with Gasteiger partial charge < -0.3 is 15.5 Å². The van der Waals surface area contributed by atoms with Gasteiger partial charge in [0.2, 0.25) is 0 Å². The highest BCUT2D eigenvalue weighted by Gasteiger charge is 2.35. The molecule has 97 valence electrons. The molecule has 1 aromatic heterocycles. The summed E-state index contributed by atoms with van der Waals surface area (Å²) < 4.78 is 5.55. The number of hydrogen-bond acceptors (Lipinski definition) is 4. The first-order chi connectivity index (χ1) is 8.13. The third-order valence-corrected chi connectivity index (χ3v) is 3.00. The summed E-state index contributed by atoms with van der Waals surface area (Å²) in [6, 6.07) is 3.20. The van der Waals surface area contributed by atoms with Crippen molar-refractivity contribution >= 4 is 18.9 Å². The fourth-order valence-corrected chi connectivity index (χ4v) is 0.980. The smallest absolute Gasteiger partial charge is 0.332 e. The number of hydrogen-bond donors (Lipinski definition) is 2. The van der Waals surface area contributed by atoms with Gasteiger partial charge in [0, 0.05) is 6.20 Å². The highest BCUT2D eigenvalue weighted by atomic mass is 16.5. The summed E-state index contributed by atoms with van der Waals surface area (Å²) in [7, 11) is 1.50. The Bertz CT molecular complexity index is 424. The Labute approximate surface area is 108 Å². The molecular formula is C12H18BN2O3. The van der Waals surface area contributed by atoms with Crippen LogP contribution in [0.1, 0.15) is 38.2 Å². The summed E-state index contributed by atoms with van der Waals surface area (Å²) in [5.74, 6) is -0.570. The summed E-state index contributed by atoms with van der Waals surface area (Å²) in [5.41, 5.74) is 4.26. The molecule has 0 aliphatic rings. The molecule has 0 aliphatic heterocycles. The van der Waals surface area contributed by atoms with E-state index in [1.165, 1.54) is 19.7 Å². The molecule has 0 aliphatic carbocycles. The van der Waals surface area contributed by atoms with Gasteiger partial charge in [0.15, 0.2) is 0 Å². The number of primary amides is 1. The normalized spacial score (nSPS) is 12.3. The van der Waals surface area contributed by atoms with Crippen LogP contribution in [0.2, 0.25) is 0 Å². The SMILES string of the molecule is CC(C)(O)C(C)(C)O[B]c1ccc(C(N)=O)nc1. The van der Waals surface area contributed by atoms with Crippen LogP contribution in [0.4, 0.5) is 0 Å². The van der Waals surface area contributed by atoms with Crippen LogP contribution < -0.4 is 11.2 Å². The van der Waals surface area contributed by atoms with E-state index in [0.29, 0.717) is 5.46 Å². The average Bonchev–Trinajstić information content (AvgIpc) is 2.25. The maximum atomic E-state index is 10.8. The van der Waals surface area contributed by atoms with Crippen molar-refractivity contribution in [1.29, 1.82) is 0 Å². The zero-order valence-electron chi connectivity index (χ0n) is 11.1. The summed E-state index contributed by atoms with van der Waals surface area (Å²) in [4.78, 5) is 14.7. The van der Waals surface area contributed by atoms with Gasteiger partial charge in [0.1, 0.15) is 5.69 Å². The Hall–Kier alpha value is -1.40. The number of nitrogens with zero attached hydrogens (tertiary/aromatic N) is 1. The number of amides is 1. The van der Waals surface area contributed by atoms with Gasteiger partial charge >= 0.3 is 7.48 Å². The molecule has 18 heavy (non-hydrogen) atoms. The molecule has 0 saturated carbocycles. The second-order valence-corrected chi connectivity index (χ2v) is 5.15. The minimum absolute atomic E-state index is 0.203. The monoisotopic (exact) mass is 249 g/mol. The zero-order valence-corrected chi connectivity index (χ0v) is 11.1. The molecule has 1 aromatic rings. The van der Waals surface area contributed by atoms with Crippen LogP contribution in [0, 0.1) is 0 Å². The molecule has 0 spiro atoms. The number of aromatic nitrogens is 1. The Morgan fingerprint density at radius 1 is 1.39 bits per heavy atom. The fraction of sp³-hybridized carbons (Fsp3) is 0.500. The number of nitrogens with two attached hydrogens (primary N) is 1. The third kappa shape index (κ3) is 3.55. The Morgan fingerprint density at radius 3 is 2.39 bits per heavy atom. The molecule has 0 bridgehead atoms. The van der Waals surface area contributed by atoms with E-state index in [1.54, 1.807) is 33.8 Å². The molecule has 6 heteroatoms. The van der Waals surface area contributed by atoms with Crippen LogP contribution >= 0.6 is 0 Å². The zero-order chi connectivity index (χ0) is 14.0. The van der Waals surface area contributed by atoms with Gasteiger partial charge in [-0.1, -0.05) is 6.07 Å². The summed E-state index contributed by atoms with van der Waals surface area (Å²) in [5, 5.41) is 9.92. The first-order valence-electron chi connectivity index (χ1n) is 5.63. The molecule has 0 unspecified atom stereocenters. The van der Waals surface area contributed by atoms with Crippen molar-refractivity contribution in [3.05, 3.63) is 24.0 Å². The van der Waals surface area contributed by atoms with E-state index >= 15 is 0 Å². The van der Waals surface area contributed by atoms with Gasteiger partial charge in [-0.3, -0.25) is 9.78 Å². The Balaban J connectivity index is 2.67. The van der Waals surface area contributed by atoms with E-state index in [9.17, 15) is 9.90 Å². The Morgan fingerprint density at radius 2 is 2.00 bits per heavy atom. The quantitative estimate of drug-likeness (QED) is 0.719. The number of carbonyl (C=O) groups is 1. The predicted molar refractivity (Wildman–Crippen MR) is 69.6 cm³/mol. The first-order valence-corrected chi connectivity index (χ1v) is 5.63. The van der Waals surface area contributed by atoms with Crippen LogP contribution in [0.5, 0.6) is 0 Å². The highest BCUT2D eigenvalue weighted by Crippen LogP contribution is 2.24. The van der Waals surface area contributed by atoms with Gasteiger partial charge in [-0.15, -0.1) is 0 Å². The van der Waals surface area contributed by atoms with Gasteiger partial charge in [0.05, 0.1) is 11.2 Å². The molecule has 0 aromatic carbocycles. The molecule has 0 atom stereocenters. The molecule has 3 N–H and O–H groups in total. The number of aliphatic hydroxyl groups is 1. The molecule has 1 rings (SSSR count). The average molecular weight is 249 g/mol. The van der Waals surface area contributed by atoms with Gasteiger partial charge in [-0.2, -0.15) is 0 Å². The number of pyridine rings is 1. The summed E-state index contributed by atoms with van der Waals surface area (Å²) in [6.07, 6.45) is 1.49. The maximum absolute atomic E-state index is 10.8. The third-order valence-electron chi connectivity index (χ3n) is 3.00. The van der Waals surface area contributed by atoms with Gasteiger partial charge in [-0.25, -0.2) is 0 Å². The molecular weight excluding hydrogens is 231 g/mol. The molecule has 1 heterocycles. The van der Waals surface area contributed by atoms with Crippen molar-refractivity contribution < 1.29 is 14.6 Å². The van der Waals surface area contributed by atoms with Crippen molar-refractivity contribution in [1.82, 2.24) is 4.98 Å². The van der Waals surface area contributed by atoms with Crippen LogP contribution in [0.3, 0.4) is 0 Å². The molecule has 0 saturated heterocycles. The lowest BCUT2D eigenvalue weighted by molar-refractivity contribution is -0.0893. The van der Waals surface area contributed by atoms with Gasteiger partial charge in [0.25, 0.3) is 5.91 Å². The second-order valence-electron chi connectivity index (χ2n) is 5.15. The largest absolute Gasteiger partial charge is 0.427 e. The van der Waals surface area contributed by atoms with E-state index in [-0.39, 0.29) is 5.69 Å². The van der Waals surface area contributed by atoms with E-state index in [4.69, 9.17) is 10.4 Å². The first kappa shape index (κ1) is 14.7. The minimum Gasteiger partial charge on any atom is -0.427 e. The van der Waals surface area contributed by atoms with Crippen LogP contribution in [-0.2, 0) is 4.65 Å². The van der Waals surface area contributed by atoms with E-state index in [2.05, 4.69) is 4.98 Å². The lowest BCUT2D eigenvalue weighted by Gasteiger charge is -2.37. The van der Waals surface area contributed by atoms with E-state index in [0.717, 1.165) is 0 Å². The van der Waals surface area contributed by atoms with E-state index < -0.39 is 17.1 Å². The van der Waals surface area contributed by atoms with Crippen LogP contribution in [0.15, 0.2) is 18.3 Å². The molecule has 1 amide bonds. The topological polar surface area (TPSA) is 85.4 Å². The minimum atomic E-state index is -0.982. The van der Waals surface area contributed by atoms with Crippen molar-refractivity contribution in [3.8, 4) is 0 Å². The fourth-order valence-electron chi connectivity index (χ4n) is 0.980. The second kappa shape index (κ2) is 5.08. The van der Waals surface area contributed by atoms with E-state index in [1.807, 2.05) is 0 Å². The maximum Gasteiger partial charge on any atom is 0.332 e. The standard InChI is InChI=1S/C12H18BN2O3/c1-11(2,17)12(3,4)18-13-8-5-6-9(10(14)16)15-7-8/h5-7,17H,1-4H3,(H2,14,16). The number of rotatable bonds is 5. The predicted octanol–water partition coefficient (Wildman–Crippen LogP) is -0.00890. The van der Waals surface area contributed by atoms with Gasteiger partial charge in [-0.05, 0) is 39.2 Å². The van der Waals surface area contributed by atoms with Crippen LogP contribution in [0.25, 0.3) is 0 Å². The lowest BCUT2D eigenvalue weighted by Crippen LogP contribution is -2.49. The van der Waals surface area contributed by atoms with Crippen LogP contribution in [-0.4, -0.2) is 34.7 Å². The molecule has 1 radical (unpaired) electrons. The molecule has 5 nitrogen and oxygen atoms in total. The summed E-state index contributed by atoms with van der Waals surface area (Å²) >= 11 is 0. The Kier molecular flexibility index (Phi) is 4.14. The van der Waals surface area contributed by atoms with Crippen molar-refractivity contribution in [2.45, 2.75) is 38.9 Å². The van der Waals surface area contributed by atoms with Crippen molar-refractivity contribution in [2.75, 3.05) is 0 Å². The number of carbonyl (C=O) groups excluding carboxylic acids is 1. The van der Waals surface area contributed by atoms with Crippen molar-refractivity contribution in [2.24, 2.45) is 5.73 Å². The lowest BCUT2D eigenvalue weighted by atomic mass is 9.83.